The van der Waals surface area contributed by atoms with E-state index in [0.717, 1.165) is 0 Å². The molecule has 4 N–H and O–H groups in total. The number of rotatable bonds is 10. The Hall–Kier alpha value is -5.25. The topological polar surface area (TPSA) is 177 Å². The van der Waals surface area contributed by atoms with Crippen molar-refractivity contribution in [3.8, 4) is 23.1 Å². The van der Waals surface area contributed by atoms with Crippen molar-refractivity contribution < 1.29 is 33.0 Å². The standard InChI is InChI=1S/C28H32N6O7/c1-28(2,3)41-27(37)34-21(10-11-29)16-39-26(36)31-14-18-6-5-7-19(12-18)32-25(35)33-20-8-9-22(23(13-20)38-4)24-15-30-17-40-24/h5-9,12-13,15,17,21H,10,14,16H2,1-4H3,(H,31,36)(H,34,37)(H2,32,33,35)/t21-/m0/s1. The third-order valence-electron chi connectivity index (χ3n) is 5.25. The zero-order valence-corrected chi connectivity index (χ0v) is 23.1. The number of amides is 4. The van der Waals surface area contributed by atoms with Crippen LogP contribution in [0.2, 0.25) is 0 Å². The molecule has 3 rings (SSSR count). The first kappa shape index (κ1) is 30.3. The molecule has 216 valence electrons. The molecule has 1 atom stereocenters. The monoisotopic (exact) mass is 564 g/mol. The molecule has 0 fully saturated rings. The smallest absolute Gasteiger partial charge is 0.408 e. The van der Waals surface area contributed by atoms with Crippen LogP contribution in [0.1, 0.15) is 32.8 Å². The molecule has 0 aliphatic carbocycles. The van der Waals surface area contributed by atoms with Crippen LogP contribution >= 0.6 is 0 Å². The van der Waals surface area contributed by atoms with E-state index >= 15 is 0 Å². The van der Waals surface area contributed by atoms with Gasteiger partial charge < -0.3 is 39.9 Å². The van der Waals surface area contributed by atoms with Gasteiger partial charge in [-0.25, -0.2) is 19.4 Å². The summed E-state index contributed by atoms with van der Waals surface area (Å²) >= 11 is 0. The molecule has 1 aromatic heterocycles. The number of benzene rings is 2. The zero-order chi connectivity index (χ0) is 29.8. The van der Waals surface area contributed by atoms with Crippen LogP contribution in [0.4, 0.5) is 25.8 Å². The minimum atomic E-state index is -0.738. The Morgan fingerprint density at radius 2 is 1.83 bits per heavy atom. The van der Waals surface area contributed by atoms with E-state index in [9.17, 15) is 14.4 Å². The van der Waals surface area contributed by atoms with E-state index in [1.165, 1.54) is 13.5 Å². The molecule has 0 radical (unpaired) electrons. The molecule has 0 saturated carbocycles. The summed E-state index contributed by atoms with van der Waals surface area (Å²) < 4.78 is 21.0. The number of urea groups is 1. The van der Waals surface area contributed by atoms with Crippen LogP contribution in [0.5, 0.6) is 5.75 Å². The molecular formula is C28H32N6O7. The fourth-order valence-electron chi connectivity index (χ4n) is 3.51. The lowest BCUT2D eigenvalue weighted by molar-refractivity contribution is 0.0473. The minimum Gasteiger partial charge on any atom is -0.496 e. The molecule has 0 spiro atoms. The zero-order valence-electron chi connectivity index (χ0n) is 23.1. The van der Waals surface area contributed by atoms with Gasteiger partial charge in [-0.15, -0.1) is 0 Å². The van der Waals surface area contributed by atoms with Gasteiger partial charge in [0.25, 0.3) is 0 Å². The Morgan fingerprint density at radius 1 is 1.07 bits per heavy atom. The van der Waals surface area contributed by atoms with Crippen LogP contribution in [-0.4, -0.2) is 48.6 Å². The minimum absolute atomic E-state index is 0.0688. The van der Waals surface area contributed by atoms with E-state index in [2.05, 4.69) is 26.3 Å². The maximum absolute atomic E-state index is 12.6. The Bertz CT molecular complexity index is 1380. The molecular weight excluding hydrogens is 532 g/mol. The molecule has 13 nitrogen and oxygen atoms in total. The van der Waals surface area contributed by atoms with Gasteiger partial charge in [-0.2, -0.15) is 5.26 Å². The molecule has 4 amide bonds. The molecule has 2 aromatic carbocycles. The highest BCUT2D eigenvalue weighted by atomic mass is 16.6. The van der Waals surface area contributed by atoms with E-state index in [-0.39, 0.29) is 19.6 Å². The number of methoxy groups -OCH3 is 1. The maximum Gasteiger partial charge on any atom is 0.408 e. The number of nitrogens with zero attached hydrogens (tertiary/aromatic N) is 2. The maximum atomic E-state index is 12.6. The van der Waals surface area contributed by atoms with Crippen LogP contribution in [0, 0.1) is 11.3 Å². The quantitative estimate of drug-likeness (QED) is 0.263. The summed E-state index contributed by atoms with van der Waals surface area (Å²) in [6.07, 6.45) is 1.37. The molecule has 0 aliphatic rings. The van der Waals surface area contributed by atoms with E-state index in [0.29, 0.717) is 34.0 Å². The highest BCUT2D eigenvalue weighted by molar-refractivity contribution is 6.00. The Labute approximate surface area is 237 Å². The SMILES string of the molecule is COc1cc(NC(=O)Nc2cccc(CNC(=O)OC[C@H](CC#N)NC(=O)OC(C)(C)C)c2)ccc1-c1cnco1. The van der Waals surface area contributed by atoms with Gasteiger partial charge in [0, 0.05) is 24.0 Å². The average Bonchev–Trinajstić information content (AvgIpc) is 3.44. The number of ether oxygens (including phenoxy) is 3. The Morgan fingerprint density at radius 3 is 2.49 bits per heavy atom. The van der Waals surface area contributed by atoms with Crippen molar-refractivity contribution in [3.63, 3.8) is 0 Å². The summed E-state index contributed by atoms with van der Waals surface area (Å²) in [5.74, 6) is 1.03. The molecule has 0 bridgehead atoms. The van der Waals surface area contributed by atoms with Crippen LogP contribution in [0.3, 0.4) is 0 Å². The van der Waals surface area contributed by atoms with Gasteiger partial charge in [0.05, 0.1) is 37.4 Å². The van der Waals surface area contributed by atoms with E-state index < -0.39 is 29.9 Å². The molecule has 41 heavy (non-hydrogen) atoms. The van der Waals surface area contributed by atoms with Crippen molar-refractivity contribution in [1.29, 1.82) is 5.26 Å². The summed E-state index contributed by atoms with van der Waals surface area (Å²) in [7, 11) is 1.51. The van der Waals surface area contributed by atoms with Gasteiger partial charge in [-0.3, -0.25) is 0 Å². The number of oxazole rings is 1. The van der Waals surface area contributed by atoms with Gasteiger partial charge in [0.2, 0.25) is 0 Å². The van der Waals surface area contributed by atoms with Crippen LogP contribution in [-0.2, 0) is 16.0 Å². The van der Waals surface area contributed by atoms with E-state index in [1.54, 1.807) is 69.4 Å². The van der Waals surface area contributed by atoms with E-state index in [1.807, 2.05) is 6.07 Å². The Balaban J connectivity index is 1.49. The fourth-order valence-corrected chi connectivity index (χ4v) is 3.51. The second kappa shape index (κ2) is 14.2. The molecule has 0 saturated heterocycles. The number of hydrogen-bond donors (Lipinski definition) is 4. The van der Waals surface area contributed by atoms with Crippen molar-refractivity contribution in [2.24, 2.45) is 0 Å². The number of anilines is 2. The number of nitrogens with one attached hydrogen (secondary N) is 4. The lowest BCUT2D eigenvalue weighted by Crippen LogP contribution is -2.42. The fraction of sp³-hybridized carbons (Fsp3) is 0.321. The normalized spacial score (nSPS) is 11.4. The molecule has 1 heterocycles. The Kier molecular flexibility index (Phi) is 10.5. The number of alkyl carbamates (subject to hydrolysis) is 2. The number of carbonyl (C=O) groups is 3. The second-order valence-corrected chi connectivity index (χ2v) is 9.72. The summed E-state index contributed by atoms with van der Waals surface area (Å²) in [4.78, 5) is 40.6. The number of hydrogen-bond acceptors (Lipinski definition) is 9. The number of aromatic nitrogens is 1. The van der Waals surface area contributed by atoms with Crippen molar-refractivity contribution in [1.82, 2.24) is 15.6 Å². The van der Waals surface area contributed by atoms with Gasteiger partial charge in [-0.05, 0) is 50.6 Å². The first-order valence-electron chi connectivity index (χ1n) is 12.6. The second-order valence-electron chi connectivity index (χ2n) is 9.72. The summed E-state index contributed by atoms with van der Waals surface area (Å²) in [6, 6.07) is 12.7. The number of carbonyl (C=O) groups excluding carboxylic acids is 3. The highest BCUT2D eigenvalue weighted by Crippen LogP contribution is 2.32. The van der Waals surface area contributed by atoms with Crippen LogP contribution < -0.4 is 26.0 Å². The summed E-state index contributed by atoms with van der Waals surface area (Å²) in [6.45, 7) is 5.03. The van der Waals surface area contributed by atoms with Crippen molar-refractivity contribution in [2.45, 2.75) is 45.4 Å². The van der Waals surface area contributed by atoms with Gasteiger partial charge in [-0.1, -0.05) is 12.1 Å². The third kappa shape index (κ3) is 10.1. The molecule has 3 aromatic rings. The summed E-state index contributed by atoms with van der Waals surface area (Å²) in [5.41, 5.74) is 1.67. The predicted molar refractivity (Wildman–Crippen MR) is 149 cm³/mol. The van der Waals surface area contributed by atoms with Gasteiger partial charge in [0.1, 0.15) is 18.0 Å². The van der Waals surface area contributed by atoms with Crippen LogP contribution in [0.25, 0.3) is 11.3 Å². The first-order valence-corrected chi connectivity index (χ1v) is 12.6. The van der Waals surface area contributed by atoms with Crippen molar-refractivity contribution in [3.05, 3.63) is 60.6 Å². The van der Waals surface area contributed by atoms with E-state index in [4.69, 9.17) is 23.9 Å². The predicted octanol–water partition coefficient (Wildman–Crippen LogP) is 5.03. The summed E-state index contributed by atoms with van der Waals surface area (Å²) in [5, 5.41) is 19.6. The lowest BCUT2D eigenvalue weighted by atomic mass is 10.1. The number of nitriles is 1. The van der Waals surface area contributed by atoms with Gasteiger partial charge >= 0.3 is 18.2 Å². The average molecular weight is 565 g/mol. The largest absolute Gasteiger partial charge is 0.496 e. The van der Waals surface area contributed by atoms with Gasteiger partial charge in [0.15, 0.2) is 12.2 Å². The molecule has 0 aliphatic heterocycles. The van der Waals surface area contributed by atoms with Crippen molar-refractivity contribution >= 4 is 29.6 Å². The third-order valence-corrected chi connectivity index (χ3v) is 5.25. The molecule has 13 heteroatoms. The molecule has 0 unspecified atom stereocenters. The van der Waals surface area contributed by atoms with Crippen molar-refractivity contribution in [2.75, 3.05) is 24.4 Å². The highest BCUT2D eigenvalue weighted by Gasteiger charge is 2.20. The lowest BCUT2D eigenvalue weighted by Gasteiger charge is -2.22. The van der Waals surface area contributed by atoms with Crippen LogP contribution in [0.15, 0.2) is 59.5 Å². The first-order chi connectivity index (χ1) is 19.6.